The molecule has 0 atom stereocenters. The molecule has 0 saturated carbocycles. The number of nitrogens with one attached hydrogen (secondary N) is 1. The molecule has 12 heavy (non-hydrogen) atoms. The van der Waals surface area contributed by atoms with Crippen LogP contribution in [0.2, 0.25) is 0 Å². The predicted octanol–water partition coefficient (Wildman–Crippen LogP) is 2.97. The molecule has 1 aromatic heterocycles. The zero-order chi connectivity index (χ0) is 8.65. The van der Waals surface area contributed by atoms with Crippen molar-refractivity contribution in [3.63, 3.8) is 0 Å². The van der Waals surface area contributed by atoms with Crippen molar-refractivity contribution < 1.29 is 0 Å². The van der Waals surface area contributed by atoms with E-state index >= 15 is 0 Å². The lowest BCUT2D eigenvalue weighted by atomic mass is 10.3. The summed E-state index contributed by atoms with van der Waals surface area (Å²) < 4.78 is 0. The van der Waals surface area contributed by atoms with Crippen LogP contribution in [-0.2, 0) is 0 Å². The molecular formula is C9H11N3. The molecule has 0 aliphatic heterocycles. The number of aromatic amines is 1. The Labute approximate surface area is 71.5 Å². The summed E-state index contributed by atoms with van der Waals surface area (Å²) in [4.78, 5) is 2.94. The van der Waals surface area contributed by atoms with E-state index in [9.17, 15) is 0 Å². The summed E-state index contributed by atoms with van der Waals surface area (Å²) in [6.07, 6.45) is 10.8. The van der Waals surface area contributed by atoms with E-state index < -0.39 is 0 Å². The number of nitrogens with zero attached hydrogens (tertiary/aromatic N) is 2. The number of azo groups is 1. The van der Waals surface area contributed by atoms with Gasteiger partial charge in [0, 0.05) is 18.6 Å². The molecule has 0 fully saturated rings. The van der Waals surface area contributed by atoms with Crippen molar-refractivity contribution in [1.29, 1.82) is 0 Å². The fourth-order valence-corrected chi connectivity index (χ4v) is 0.704. The molecule has 0 saturated heterocycles. The van der Waals surface area contributed by atoms with Gasteiger partial charge in [0.1, 0.15) is 0 Å². The molecule has 0 unspecified atom stereocenters. The fourth-order valence-electron chi connectivity index (χ4n) is 0.704. The van der Waals surface area contributed by atoms with Crippen LogP contribution in [0.15, 0.2) is 47.2 Å². The highest BCUT2D eigenvalue weighted by molar-refractivity contribution is 5.47. The van der Waals surface area contributed by atoms with Crippen molar-refractivity contribution in [1.82, 2.24) is 4.98 Å². The molecule has 1 aromatic rings. The minimum atomic E-state index is 1.09. The Kier molecular flexibility index (Phi) is 3.57. The van der Waals surface area contributed by atoms with E-state index in [4.69, 9.17) is 0 Å². The van der Waals surface area contributed by atoms with Crippen molar-refractivity contribution in [2.75, 3.05) is 0 Å². The first-order valence-corrected chi connectivity index (χ1v) is 3.74. The standard InChI is InChI=1S/C9H11N3/c1-2-5-11-12-7-4-9-3-6-10-8-9/h2-8,10H,1H3/b5-2-,7-4+,12-11-. The third-order valence-corrected chi connectivity index (χ3v) is 1.24. The number of hydrogen-bond acceptors (Lipinski definition) is 2. The van der Waals surface area contributed by atoms with Gasteiger partial charge in [0.05, 0.1) is 6.20 Å². The molecule has 1 N–H and O–H groups in total. The van der Waals surface area contributed by atoms with Crippen LogP contribution < -0.4 is 0 Å². The van der Waals surface area contributed by atoms with Gasteiger partial charge >= 0.3 is 0 Å². The van der Waals surface area contributed by atoms with Crippen LogP contribution in [0.3, 0.4) is 0 Å². The average Bonchev–Trinajstić information content (AvgIpc) is 2.57. The molecule has 1 heterocycles. The molecule has 0 aromatic carbocycles. The Hall–Kier alpha value is -1.64. The van der Waals surface area contributed by atoms with E-state index in [1.807, 2.05) is 37.5 Å². The summed E-state index contributed by atoms with van der Waals surface area (Å²) in [6.45, 7) is 1.90. The zero-order valence-electron chi connectivity index (χ0n) is 6.94. The molecule has 0 aliphatic carbocycles. The van der Waals surface area contributed by atoms with Gasteiger partial charge < -0.3 is 4.98 Å². The Bertz CT molecular complexity index is 281. The highest BCUT2D eigenvalue weighted by Crippen LogP contribution is 1.99. The first-order valence-electron chi connectivity index (χ1n) is 3.74. The van der Waals surface area contributed by atoms with Gasteiger partial charge in [-0.2, -0.15) is 10.2 Å². The SMILES string of the molecule is C\C=C/N=N\C=C\c1cc[nH]c1. The summed E-state index contributed by atoms with van der Waals surface area (Å²) in [6, 6.07) is 1.96. The zero-order valence-corrected chi connectivity index (χ0v) is 6.94. The van der Waals surface area contributed by atoms with Gasteiger partial charge in [0.15, 0.2) is 0 Å². The van der Waals surface area contributed by atoms with Crippen molar-refractivity contribution in [2.45, 2.75) is 6.92 Å². The van der Waals surface area contributed by atoms with E-state index in [1.165, 1.54) is 0 Å². The van der Waals surface area contributed by atoms with Crippen molar-refractivity contribution in [2.24, 2.45) is 10.2 Å². The van der Waals surface area contributed by atoms with Crippen molar-refractivity contribution in [3.8, 4) is 0 Å². The minimum Gasteiger partial charge on any atom is -0.367 e. The third-order valence-electron chi connectivity index (χ3n) is 1.24. The van der Waals surface area contributed by atoms with Crippen molar-refractivity contribution in [3.05, 3.63) is 42.5 Å². The topological polar surface area (TPSA) is 40.5 Å². The summed E-state index contributed by atoms with van der Waals surface area (Å²) >= 11 is 0. The molecule has 3 nitrogen and oxygen atoms in total. The summed E-state index contributed by atoms with van der Waals surface area (Å²) in [5.41, 5.74) is 1.09. The van der Waals surface area contributed by atoms with Crippen LogP contribution in [0.5, 0.6) is 0 Å². The van der Waals surface area contributed by atoms with Gasteiger partial charge in [0.25, 0.3) is 0 Å². The lowest BCUT2D eigenvalue weighted by molar-refractivity contribution is 1.23. The monoisotopic (exact) mass is 161 g/mol. The number of rotatable bonds is 3. The number of H-pyrrole nitrogens is 1. The maximum Gasteiger partial charge on any atom is 0.0502 e. The molecule has 0 bridgehead atoms. The average molecular weight is 161 g/mol. The number of hydrogen-bond donors (Lipinski definition) is 1. The largest absolute Gasteiger partial charge is 0.367 e. The van der Waals surface area contributed by atoms with Crippen LogP contribution in [-0.4, -0.2) is 4.98 Å². The van der Waals surface area contributed by atoms with Crippen LogP contribution >= 0.6 is 0 Å². The van der Waals surface area contributed by atoms with Crippen LogP contribution in [0, 0.1) is 0 Å². The Balaban J connectivity index is 2.41. The lowest BCUT2D eigenvalue weighted by Crippen LogP contribution is -1.57. The minimum absolute atomic E-state index is 1.09. The Morgan fingerprint density at radius 3 is 2.83 bits per heavy atom. The van der Waals surface area contributed by atoms with Crippen LogP contribution in [0.25, 0.3) is 6.08 Å². The summed E-state index contributed by atoms with van der Waals surface area (Å²) in [7, 11) is 0. The molecule has 1 rings (SSSR count). The molecular weight excluding hydrogens is 150 g/mol. The van der Waals surface area contributed by atoms with Gasteiger partial charge in [-0.1, -0.05) is 6.08 Å². The van der Waals surface area contributed by atoms with Crippen LogP contribution in [0.4, 0.5) is 0 Å². The quantitative estimate of drug-likeness (QED) is 0.662. The Morgan fingerprint density at radius 2 is 2.17 bits per heavy atom. The molecule has 0 aliphatic rings. The maximum absolute atomic E-state index is 3.78. The number of aromatic nitrogens is 1. The van der Waals surface area contributed by atoms with E-state index in [1.54, 1.807) is 12.4 Å². The number of allylic oxidation sites excluding steroid dienone is 1. The maximum atomic E-state index is 3.78. The van der Waals surface area contributed by atoms with Crippen LogP contribution in [0.1, 0.15) is 12.5 Å². The predicted molar refractivity (Wildman–Crippen MR) is 49.5 cm³/mol. The van der Waals surface area contributed by atoms with Gasteiger partial charge in [0.2, 0.25) is 0 Å². The molecule has 0 radical (unpaired) electrons. The van der Waals surface area contributed by atoms with E-state index in [0.29, 0.717) is 0 Å². The van der Waals surface area contributed by atoms with E-state index in [2.05, 4.69) is 15.2 Å². The molecule has 0 spiro atoms. The van der Waals surface area contributed by atoms with E-state index in [0.717, 1.165) is 5.56 Å². The molecule has 0 amide bonds. The lowest BCUT2D eigenvalue weighted by Gasteiger charge is -1.77. The summed E-state index contributed by atoms with van der Waals surface area (Å²) in [5.74, 6) is 0. The van der Waals surface area contributed by atoms with Gasteiger partial charge in [-0.25, -0.2) is 0 Å². The highest BCUT2D eigenvalue weighted by atomic mass is 15.1. The molecule has 62 valence electrons. The van der Waals surface area contributed by atoms with Gasteiger partial charge in [-0.15, -0.1) is 0 Å². The fraction of sp³-hybridized carbons (Fsp3) is 0.111. The first kappa shape index (κ1) is 8.46. The second-order valence-corrected chi connectivity index (χ2v) is 2.17. The smallest absolute Gasteiger partial charge is 0.0502 e. The second-order valence-electron chi connectivity index (χ2n) is 2.17. The van der Waals surface area contributed by atoms with Crippen molar-refractivity contribution >= 4 is 6.08 Å². The van der Waals surface area contributed by atoms with Gasteiger partial charge in [-0.3, -0.25) is 0 Å². The van der Waals surface area contributed by atoms with Gasteiger partial charge in [-0.05, 0) is 24.6 Å². The van der Waals surface area contributed by atoms with E-state index in [-0.39, 0.29) is 0 Å². The Morgan fingerprint density at radius 1 is 1.33 bits per heavy atom. The second kappa shape index (κ2) is 5.07. The normalized spacial score (nSPS) is 12.4. The molecule has 3 heteroatoms. The summed E-state index contributed by atoms with van der Waals surface area (Å²) in [5, 5.41) is 7.52. The highest BCUT2D eigenvalue weighted by Gasteiger charge is 1.80. The third kappa shape index (κ3) is 2.96. The first-order chi connectivity index (χ1) is 5.93.